The van der Waals surface area contributed by atoms with Crippen LogP contribution in [0.2, 0.25) is 5.02 Å². The van der Waals surface area contributed by atoms with Crippen molar-refractivity contribution in [2.75, 3.05) is 6.54 Å². The maximum Gasteiger partial charge on any atom is 0.243 e. The number of carbonyl (C=O) groups is 1. The number of benzene rings is 2. The van der Waals surface area contributed by atoms with Crippen LogP contribution in [-0.2, 0) is 21.4 Å². The van der Waals surface area contributed by atoms with Crippen LogP contribution in [0.15, 0.2) is 53.4 Å². The van der Waals surface area contributed by atoms with Gasteiger partial charge in [0.05, 0.1) is 4.90 Å². The predicted molar refractivity (Wildman–Crippen MR) is 101 cm³/mol. The molecule has 2 aromatic carbocycles. The fourth-order valence-corrected chi connectivity index (χ4v) is 4.83. The number of sulfonamides is 1. The molecule has 1 N–H and O–H groups in total. The van der Waals surface area contributed by atoms with Gasteiger partial charge in [-0.25, -0.2) is 8.42 Å². The zero-order valence-electron chi connectivity index (χ0n) is 14.5. The fraction of sp³-hybridized carbons (Fsp3) is 0.316. The molecule has 0 spiro atoms. The molecule has 0 aromatic heterocycles. The van der Waals surface area contributed by atoms with Gasteiger partial charge in [-0.2, -0.15) is 4.31 Å². The van der Waals surface area contributed by atoms with Crippen LogP contribution in [0, 0.1) is 6.92 Å². The van der Waals surface area contributed by atoms with Gasteiger partial charge in [-0.15, -0.1) is 0 Å². The molecule has 138 valence electrons. The molecule has 0 radical (unpaired) electrons. The van der Waals surface area contributed by atoms with Crippen LogP contribution in [0.25, 0.3) is 0 Å². The van der Waals surface area contributed by atoms with Crippen molar-refractivity contribution in [3.63, 3.8) is 0 Å². The summed E-state index contributed by atoms with van der Waals surface area (Å²) in [6, 6.07) is 13.2. The first-order chi connectivity index (χ1) is 12.4. The maximum atomic E-state index is 12.9. The SMILES string of the molecule is Cc1ccc(S(=O)(=O)N2CCC[C@@H]2C(=O)NCc2ccc(Cl)cc2)cc1. The third kappa shape index (κ3) is 4.09. The van der Waals surface area contributed by atoms with E-state index in [9.17, 15) is 13.2 Å². The molecule has 0 unspecified atom stereocenters. The fourth-order valence-electron chi connectivity index (χ4n) is 3.04. The first-order valence-electron chi connectivity index (χ1n) is 8.48. The summed E-state index contributed by atoms with van der Waals surface area (Å²) in [5, 5.41) is 3.47. The molecule has 0 bridgehead atoms. The highest BCUT2D eigenvalue weighted by molar-refractivity contribution is 7.89. The number of rotatable bonds is 5. The number of carbonyl (C=O) groups excluding carboxylic acids is 1. The van der Waals surface area contributed by atoms with Gasteiger partial charge in [-0.3, -0.25) is 4.79 Å². The van der Waals surface area contributed by atoms with Gasteiger partial charge in [0.2, 0.25) is 15.9 Å². The van der Waals surface area contributed by atoms with Crippen molar-refractivity contribution in [3.8, 4) is 0 Å². The zero-order chi connectivity index (χ0) is 18.7. The highest BCUT2D eigenvalue weighted by Gasteiger charge is 2.39. The number of halogens is 1. The largest absolute Gasteiger partial charge is 0.351 e. The average Bonchev–Trinajstić information content (AvgIpc) is 3.12. The molecule has 1 aliphatic rings. The van der Waals surface area contributed by atoms with Gasteiger partial charge in [0.1, 0.15) is 6.04 Å². The van der Waals surface area contributed by atoms with Crippen molar-refractivity contribution >= 4 is 27.5 Å². The van der Waals surface area contributed by atoms with Gasteiger partial charge in [0.15, 0.2) is 0 Å². The zero-order valence-corrected chi connectivity index (χ0v) is 16.1. The molecule has 1 aliphatic heterocycles. The minimum atomic E-state index is -3.68. The normalized spacial score (nSPS) is 18.0. The Hall–Kier alpha value is -1.89. The van der Waals surface area contributed by atoms with Gasteiger partial charge >= 0.3 is 0 Å². The summed E-state index contributed by atoms with van der Waals surface area (Å²) in [5.41, 5.74) is 1.90. The Labute approximate surface area is 159 Å². The quantitative estimate of drug-likeness (QED) is 0.850. The molecule has 1 fully saturated rings. The van der Waals surface area contributed by atoms with Crippen LogP contribution in [-0.4, -0.2) is 31.2 Å². The molecule has 3 rings (SSSR count). The number of hydrogen-bond acceptors (Lipinski definition) is 3. The highest BCUT2D eigenvalue weighted by atomic mass is 35.5. The molecule has 5 nitrogen and oxygen atoms in total. The third-order valence-electron chi connectivity index (χ3n) is 4.51. The van der Waals surface area contributed by atoms with Gasteiger partial charge in [0, 0.05) is 18.1 Å². The van der Waals surface area contributed by atoms with E-state index in [1.165, 1.54) is 4.31 Å². The molecule has 0 saturated carbocycles. The molecular weight excluding hydrogens is 372 g/mol. The predicted octanol–water partition coefficient (Wildman–Crippen LogP) is 3.12. The molecular formula is C19H21ClN2O3S. The van der Waals surface area contributed by atoms with E-state index in [0.29, 0.717) is 31.0 Å². The van der Waals surface area contributed by atoms with Crippen LogP contribution >= 0.6 is 11.6 Å². The van der Waals surface area contributed by atoms with Crippen LogP contribution in [0.5, 0.6) is 0 Å². The summed E-state index contributed by atoms with van der Waals surface area (Å²) in [5.74, 6) is -0.270. The first-order valence-corrected chi connectivity index (χ1v) is 10.3. The molecule has 0 aliphatic carbocycles. The van der Waals surface area contributed by atoms with Crippen LogP contribution < -0.4 is 5.32 Å². The lowest BCUT2D eigenvalue weighted by Crippen LogP contribution is -2.45. The topological polar surface area (TPSA) is 66.5 Å². The van der Waals surface area contributed by atoms with E-state index >= 15 is 0 Å². The highest BCUT2D eigenvalue weighted by Crippen LogP contribution is 2.26. The summed E-state index contributed by atoms with van der Waals surface area (Å²) < 4.78 is 27.1. The number of nitrogens with zero attached hydrogens (tertiary/aromatic N) is 1. The Morgan fingerprint density at radius 2 is 1.81 bits per heavy atom. The average molecular weight is 393 g/mol. The Morgan fingerprint density at radius 1 is 1.15 bits per heavy atom. The Balaban J connectivity index is 1.71. The Morgan fingerprint density at radius 3 is 2.46 bits per heavy atom. The molecule has 2 aromatic rings. The summed E-state index contributed by atoms with van der Waals surface area (Å²) in [6.45, 7) is 2.60. The van der Waals surface area contributed by atoms with E-state index in [0.717, 1.165) is 11.1 Å². The molecule has 7 heteroatoms. The van der Waals surface area contributed by atoms with Crippen molar-refractivity contribution < 1.29 is 13.2 Å². The van der Waals surface area contributed by atoms with E-state index in [1.54, 1.807) is 36.4 Å². The van der Waals surface area contributed by atoms with Crippen molar-refractivity contribution in [1.82, 2.24) is 9.62 Å². The minimum absolute atomic E-state index is 0.223. The molecule has 26 heavy (non-hydrogen) atoms. The molecule has 1 heterocycles. The number of aryl methyl sites for hydroxylation is 1. The summed E-state index contributed by atoms with van der Waals surface area (Å²) in [6.07, 6.45) is 1.20. The minimum Gasteiger partial charge on any atom is -0.351 e. The Kier molecular flexibility index (Phi) is 5.65. The second-order valence-electron chi connectivity index (χ2n) is 6.43. The maximum absolute atomic E-state index is 12.9. The Bertz CT molecular complexity index is 880. The third-order valence-corrected chi connectivity index (χ3v) is 6.69. The van der Waals surface area contributed by atoms with Crippen molar-refractivity contribution in [1.29, 1.82) is 0 Å². The van der Waals surface area contributed by atoms with Crippen LogP contribution in [0.4, 0.5) is 0 Å². The smallest absolute Gasteiger partial charge is 0.243 e. The lowest BCUT2D eigenvalue weighted by atomic mass is 10.2. The second kappa shape index (κ2) is 7.78. The van der Waals surface area contributed by atoms with Gasteiger partial charge in [-0.1, -0.05) is 41.4 Å². The molecule has 1 atom stereocenters. The lowest BCUT2D eigenvalue weighted by Gasteiger charge is -2.23. The van der Waals surface area contributed by atoms with Gasteiger partial charge < -0.3 is 5.32 Å². The number of amides is 1. The van der Waals surface area contributed by atoms with Crippen molar-refractivity contribution in [2.45, 2.75) is 37.2 Å². The summed E-state index contributed by atoms with van der Waals surface area (Å²) in [7, 11) is -3.68. The molecule has 1 saturated heterocycles. The van der Waals surface area contributed by atoms with E-state index in [4.69, 9.17) is 11.6 Å². The second-order valence-corrected chi connectivity index (χ2v) is 8.76. The standard InChI is InChI=1S/C19H21ClN2O3S/c1-14-4-10-17(11-5-14)26(24,25)22-12-2-3-18(22)19(23)21-13-15-6-8-16(20)9-7-15/h4-11,18H,2-3,12-13H2,1H3,(H,21,23)/t18-/m1/s1. The summed E-state index contributed by atoms with van der Waals surface area (Å²) >= 11 is 5.85. The van der Waals surface area contributed by atoms with Crippen LogP contribution in [0.3, 0.4) is 0 Å². The van der Waals surface area contributed by atoms with E-state index in [2.05, 4.69) is 5.32 Å². The molecule has 1 amide bonds. The van der Waals surface area contributed by atoms with E-state index in [1.807, 2.05) is 19.1 Å². The van der Waals surface area contributed by atoms with E-state index in [-0.39, 0.29) is 10.8 Å². The van der Waals surface area contributed by atoms with Crippen molar-refractivity contribution in [2.24, 2.45) is 0 Å². The van der Waals surface area contributed by atoms with Gasteiger partial charge in [0.25, 0.3) is 0 Å². The monoisotopic (exact) mass is 392 g/mol. The van der Waals surface area contributed by atoms with E-state index < -0.39 is 16.1 Å². The summed E-state index contributed by atoms with van der Waals surface area (Å²) in [4.78, 5) is 12.8. The van der Waals surface area contributed by atoms with Crippen molar-refractivity contribution in [3.05, 3.63) is 64.7 Å². The number of hydrogen-bond donors (Lipinski definition) is 1. The number of nitrogens with one attached hydrogen (secondary N) is 1. The van der Waals surface area contributed by atoms with Crippen LogP contribution in [0.1, 0.15) is 24.0 Å². The van der Waals surface area contributed by atoms with Gasteiger partial charge in [-0.05, 0) is 49.6 Å². The first kappa shape index (κ1) is 18.9. The lowest BCUT2D eigenvalue weighted by molar-refractivity contribution is -0.124.